The molecule has 1 aliphatic heterocycles. The molecule has 0 amide bonds. The maximum absolute atomic E-state index is 12.6. The predicted octanol–water partition coefficient (Wildman–Crippen LogP) is 2.72. The van der Waals surface area contributed by atoms with Crippen molar-refractivity contribution in [3.8, 4) is 0 Å². The summed E-state index contributed by atoms with van der Waals surface area (Å²) in [7, 11) is 0. The van der Waals surface area contributed by atoms with Gasteiger partial charge in [0.15, 0.2) is 11.4 Å². The number of aromatic nitrogens is 1. The predicted molar refractivity (Wildman–Crippen MR) is 69.9 cm³/mol. The molecule has 0 saturated carbocycles. The van der Waals surface area contributed by atoms with Crippen LogP contribution in [0.3, 0.4) is 0 Å². The van der Waals surface area contributed by atoms with Gasteiger partial charge in [0.25, 0.3) is 0 Å². The van der Waals surface area contributed by atoms with Crippen LogP contribution in [0, 0.1) is 0 Å². The van der Waals surface area contributed by atoms with Crippen LogP contribution in [-0.2, 0) is 11.2 Å². The van der Waals surface area contributed by atoms with Crippen molar-refractivity contribution in [1.82, 2.24) is 4.98 Å². The van der Waals surface area contributed by atoms with Crippen molar-refractivity contribution in [2.45, 2.75) is 24.5 Å². The van der Waals surface area contributed by atoms with Crippen LogP contribution in [-0.4, -0.2) is 16.4 Å². The number of carbonyl (C=O) groups excluding carboxylic acids is 1. The Morgan fingerprint density at radius 3 is 2.84 bits per heavy atom. The van der Waals surface area contributed by atoms with Crippen LogP contribution >= 0.6 is 0 Å². The lowest BCUT2D eigenvalue weighted by atomic mass is 9.80. The fourth-order valence-corrected chi connectivity index (χ4v) is 2.99. The van der Waals surface area contributed by atoms with Gasteiger partial charge in [0.05, 0.1) is 5.69 Å². The van der Waals surface area contributed by atoms with Gasteiger partial charge in [0, 0.05) is 11.8 Å². The summed E-state index contributed by atoms with van der Waals surface area (Å²) >= 11 is 0. The standard InChI is InChI=1S/C16H13NO2/c18-14-12-6-2-1-5-11(12)8-9-16(14)15(19-16)13-7-3-4-10-17-13/h1-7,10,15H,8-9H2/t15-,16-/m1/s1. The van der Waals surface area contributed by atoms with Crippen LogP contribution in [0.2, 0.25) is 0 Å². The van der Waals surface area contributed by atoms with E-state index in [0.29, 0.717) is 0 Å². The van der Waals surface area contributed by atoms with Gasteiger partial charge in [0.1, 0.15) is 6.10 Å². The average molecular weight is 251 g/mol. The second-order valence-electron chi connectivity index (χ2n) is 5.13. The van der Waals surface area contributed by atoms with E-state index >= 15 is 0 Å². The number of ether oxygens (including phenoxy) is 1. The molecule has 19 heavy (non-hydrogen) atoms. The summed E-state index contributed by atoms with van der Waals surface area (Å²) in [5, 5.41) is 0. The lowest BCUT2D eigenvalue weighted by Gasteiger charge is -2.20. The van der Waals surface area contributed by atoms with Crippen molar-refractivity contribution in [3.05, 3.63) is 65.5 Å². The number of hydrogen-bond donors (Lipinski definition) is 0. The van der Waals surface area contributed by atoms with Crippen molar-refractivity contribution in [3.63, 3.8) is 0 Å². The molecule has 2 aromatic rings. The van der Waals surface area contributed by atoms with E-state index in [1.807, 2.05) is 42.5 Å². The van der Waals surface area contributed by atoms with Crippen molar-refractivity contribution >= 4 is 5.78 Å². The Morgan fingerprint density at radius 1 is 1.16 bits per heavy atom. The van der Waals surface area contributed by atoms with Crippen molar-refractivity contribution in [2.75, 3.05) is 0 Å². The largest absolute Gasteiger partial charge is 0.351 e. The third kappa shape index (κ3) is 1.48. The minimum atomic E-state index is -0.650. The smallest absolute Gasteiger partial charge is 0.198 e. The summed E-state index contributed by atoms with van der Waals surface area (Å²) in [6.07, 6.45) is 3.22. The van der Waals surface area contributed by atoms with E-state index in [9.17, 15) is 4.79 Å². The second kappa shape index (κ2) is 3.75. The van der Waals surface area contributed by atoms with Crippen LogP contribution in [0.4, 0.5) is 0 Å². The van der Waals surface area contributed by atoms with Crippen LogP contribution in [0.5, 0.6) is 0 Å². The Bertz CT molecular complexity index is 653. The monoisotopic (exact) mass is 251 g/mol. The quantitative estimate of drug-likeness (QED) is 0.732. The van der Waals surface area contributed by atoms with Gasteiger partial charge in [-0.2, -0.15) is 0 Å². The van der Waals surface area contributed by atoms with Gasteiger partial charge < -0.3 is 4.74 Å². The summed E-state index contributed by atoms with van der Waals surface area (Å²) in [4.78, 5) is 16.9. The van der Waals surface area contributed by atoms with E-state index in [4.69, 9.17) is 4.74 Å². The van der Waals surface area contributed by atoms with Gasteiger partial charge in [-0.15, -0.1) is 0 Å². The number of benzene rings is 1. The van der Waals surface area contributed by atoms with Gasteiger partial charge in [-0.05, 0) is 30.5 Å². The molecule has 1 fully saturated rings. The minimum absolute atomic E-state index is 0.116. The zero-order chi connectivity index (χ0) is 12.9. The molecule has 1 aromatic carbocycles. The molecular weight excluding hydrogens is 238 g/mol. The number of rotatable bonds is 1. The summed E-state index contributed by atoms with van der Waals surface area (Å²) in [5.41, 5.74) is 2.15. The highest BCUT2D eigenvalue weighted by atomic mass is 16.6. The zero-order valence-corrected chi connectivity index (χ0v) is 10.4. The lowest BCUT2D eigenvalue weighted by Crippen LogP contribution is -2.31. The molecule has 3 heteroatoms. The van der Waals surface area contributed by atoms with E-state index in [-0.39, 0.29) is 11.9 Å². The van der Waals surface area contributed by atoms with Crippen LogP contribution in [0.1, 0.15) is 34.1 Å². The summed E-state index contributed by atoms with van der Waals surface area (Å²) < 4.78 is 5.79. The highest BCUT2D eigenvalue weighted by molar-refractivity contribution is 6.06. The first-order valence-electron chi connectivity index (χ1n) is 6.53. The third-order valence-electron chi connectivity index (χ3n) is 4.06. The number of pyridine rings is 1. The summed E-state index contributed by atoms with van der Waals surface area (Å²) in [5.74, 6) is 0.116. The third-order valence-corrected chi connectivity index (χ3v) is 4.06. The topological polar surface area (TPSA) is 42.5 Å². The molecule has 3 nitrogen and oxygen atoms in total. The highest BCUT2D eigenvalue weighted by Gasteiger charge is 2.64. The maximum Gasteiger partial charge on any atom is 0.198 e. The number of hydrogen-bond acceptors (Lipinski definition) is 3. The van der Waals surface area contributed by atoms with Crippen LogP contribution in [0.15, 0.2) is 48.7 Å². The molecule has 2 aliphatic rings. The van der Waals surface area contributed by atoms with E-state index in [1.165, 1.54) is 0 Å². The van der Waals surface area contributed by atoms with Gasteiger partial charge in [-0.1, -0.05) is 30.3 Å². The number of nitrogens with zero attached hydrogens (tertiary/aromatic N) is 1. The molecule has 2 heterocycles. The number of aryl methyl sites for hydroxylation is 1. The first-order valence-corrected chi connectivity index (χ1v) is 6.53. The molecule has 0 N–H and O–H groups in total. The number of carbonyl (C=O) groups is 1. The molecule has 4 rings (SSSR count). The molecule has 1 saturated heterocycles. The molecular formula is C16H13NO2. The Balaban J connectivity index is 1.71. The SMILES string of the molecule is O=C1c2ccccc2CC[C@@]12O[C@@H]2c1ccccn1. The second-order valence-corrected chi connectivity index (χ2v) is 5.13. The molecule has 0 unspecified atom stereocenters. The molecule has 94 valence electrons. The van der Waals surface area contributed by atoms with E-state index in [1.54, 1.807) is 6.20 Å². The Kier molecular flexibility index (Phi) is 2.15. The molecule has 0 bridgehead atoms. The first-order chi connectivity index (χ1) is 9.31. The Morgan fingerprint density at radius 2 is 2.00 bits per heavy atom. The molecule has 1 spiro atoms. The molecule has 1 aromatic heterocycles. The Hall–Kier alpha value is -2.00. The lowest BCUT2D eigenvalue weighted by molar-refractivity contribution is 0.0850. The van der Waals surface area contributed by atoms with Gasteiger partial charge in [-0.3, -0.25) is 9.78 Å². The number of epoxide rings is 1. The van der Waals surface area contributed by atoms with Crippen molar-refractivity contribution in [2.24, 2.45) is 0 Å². The number of ketones is 1. The number of Topliss-reactive ketones (excluding diaryl/α,β-unsaturated/α-hetero) is 1. The highest BCUT2D eigenvalue weighted by Crippen LogP contribution is 2.55. The van der Waals surface area contributed by atoms with Crippen molar-refractivity contribution in [1.29, 1.82) is 0 Å². The fraction of sp³-hybridized carbons (Fsp3) is 0.250. The fourth-order valence-electron chi connectivity index (χ4n) is 2.99. The van der Waals surface area contributed by atoms with Crippen molar-refractivity contribution < 1.29 is 9.53 Å². The maximum atomic E-state index is 12.6. The normalized spacial score (nSPS) is 28.2. The summed E-state index contributed by atoms with van der Waals surface area (Å²) in [6.45, 7) is 0. The van der Waals surface area contributed by atoms with Gasteiger partial charge in [-0.25, -0.2) is 0 Å². The van der Waals surface area contributed by atoms with Gasteiger partial charge in [0.2, 0.25) is 0 Å². The van der Waals surface area contributed by atoms with Crippen LogP contribution < -0.4 is 0 Å². The average Bonchev–Trinajstić information content (AvgIpc) is 3.20. The zero-order valence-electron chi connectivity index (χ0n) is 10.4. The minimum Gasteiger partial charge on any atom is -0.351 e. The molecule has 1 aliphatic carbocycles. The number of fused-ring (bicyclic) bond motifs is 1. The molecule has 0 radical (unpaired) electrons. The van der Waals surface area contributed by atoms with Crippen LogP contribution in [0.25, 0.3) is 0 Å². The first kappa shape index (κ1) is 10.9. The van der Waals surface area contributed by atoms with E-state index < -0.39 is 5.60 Å². The van der Waals surface area contributed by atoms with E-state index in [0.717, 1.165) is 29.7 Å². The van der Waals surface area contributed by atoms with Gasteiger partial charge >= 0.3 is 0 Å². The Labute approximate surface area is 111 Å². The molecule has 2 atom stereocenters. The van der Waals surface area contributed by atoms with E-state index in [2.05, 4.69) is 4.98 Å². The summed E-state index contributed by atoms with van der Waals surface area (Å²) in [6, 6.07) is 13.5.